The standard InChI is InChI=1S/C27H37N3O3/c1-2-3-15-22-19-21(14-10-8-6-4-5-7-9-11-18-26(31)32)20-25(27(22)33)30-28-23-16-12-13-17-24(23)29-30/h12-13,16-17,19-20,33H,2-11,14-15,18H2,1H3,(H,31,32). The van der Waals surface area contributed by atoms with Crippen LogP contribution in [0.15, 0.2) is 36.4 Å². The first-order chi connectivity index (χ1) is 16.1. The van der Waals surface area contributed by atoms with Crippen molar-refractivity contribution in [1.29, 1.82) is 0 Å². The number of nitrogens with zero attached hydrogens (tertiary/aromatic N) is 3. The lowest BCUT2D eigenvalue weighted by atomic mass is 9.98. The monoisotopic (exact) mass is 451 g/mol. The van der Waals surface area contributed by atoms with Crippen LogP contribution in [0, 0.1) is 0 Å². The van der Waals surface area contributed by atoms with Crippen LogP contribution in [0.5, 0.6) is 5.75 Å². The third-order valence-electron chi connectivity index (χ3n) is 6.14. The van der Waals surface area contributed by atoms with Crippen molar-refractivity contribution in [2.45, 2.75) is 90.4 Å². The normalized spacial score (nSPS) is 11.3. The molecule has 3 aromatic rings. The topological polar surface area (TPSA) is 88.2 Å². The van der Waals surface area contributed by atoms with Crippen LogP contribution < -0.4 is 0 Å². The lowest BCUT2D eigenvalue weighted by Crippen LogP contribution is -2.03. The Balaban J connectivity index is 1.56. The number of aromatic hydroxyl groups is 1. The van der Waals surface area contributed by atoms with Gasteiger partial charge in [0.05, 0.1) is 0 Å². The summed E-state index contributed by atoms with van der Waals surface area (Å²) < 4.78 is 0. The molecule has 1 aromatic heterocycles. The molecule has 0 fully saturated rings. The second-order valence-corrected chi connectivity index (χ2v) is 8.93. The Hall–Kier alpha value is -2.89. The first-order valence-corrected chi connectivity index (χ1v) is 12.5. The molecule has 0 spiro atoms. The van der Waals surface area contributed by atoms with Gasteiger partial charge in [0.1, 0.15) is 22.5 Å². The van der Waals surface area contributed by atoms with E-state index in [9.17, 15) is 9.90 Å². The lowest BCUT2D eigenvalue weighted by Gasteiger charge is -2.12. The molecule has 178 valence electrons. The SMILES string of the molecule is CCCCc1cc(CCCCCCCCCCC(=O)O)cc(-n2nc3ccccc3n2)c1O. The Morgan fingerprint density at radius 1 is 0.848 bits per heavy atom. The molecule has 0 atom stereocenters. The molecule has 0 radical (unpaired) electrons. The zero-order valence-corrected chi connectivity index (χ0v) is 19.8. The minimum atomic E-state index is -0.693. The molecule has 2 N–H and O–H groups in total. The highest BCUT2D eigenvalue weighted by Crippen LogP contribution is 2.30. The summed E-state index contributed by atoms with van der Waals surface area (Å²) in [6.45, 7) is 2.16. The van der Waals surface area contributed by atoms with E-state index >= 15 is 0 Å². The highest BCUT2D eigenvalue weighted by molar-refractivity contribution is 5.73. The van der Waals surface area contributed by atoms with Gasteiger partial charge < -0.3 is 10.2 Å². The number of rotatable bonds is 15. The molecule has 1 heterocycles. The van der Waals surface area contributed by atoms with E-state index in [0.717, 1.165) is 68.0 Å². The van der Waals surface area contributed by atoms with Gasteiger partial charge in [-0.25, -0.2) is 0 Å². The van der Waals surface area contributed by atoms with Crippen LogP contribution >= 0.6 is 0 Å². The van der Waals surface area contributed by atoms with Gasteiger partial charge in [-0.15, -0.1) is 15.0 Å². The molecule has 0 saturated carbocycles. The van der Waals surface area contributed by atoms with Gasteiger partial charge in [0.25, 0.3) is 0 Å². The van der Waals surface area contributed by atoms with Gasteiger partial charge in [-0.1, -0.05) is 70.1 Å². The van der Waals surface area contributed by atoms with E-state index in [1.807, 2.05) is 30.3 Å². The van der Waals surface area contributed by atoms with Crippen LogP contribution in [0.25, 0.3) is 16.7 Å². The molecule has 0 aliphatic heterocycles. The van der Waals surface area contributed by atoms with Crippen molar-refractivity contribution in [3.8, 4) is 11.4 Å². The number of aromatic nitrogens is 3. The maximum absolute atomic E-state index is 10.9. The fraction of sp³-hybridized carbons (Fsp3) is 0.519. The number of phenols is 1. The summed E-state index contributed by atoms with van der Waals surface area (Å²) >= 11 is 0. The molecule has 3 rings (SSSR count). The van der Waals surface area contributed by atoms with Gasteiger partial charge in [0, 0.05) is 6.42 Å². The first kappa shape index (κ1) is 24.7. The number of carboxylic acids is 1. The Bertz CT molecular complexity index is 996. The van der Waals surface area contributed by atoms with Gasteiger partial charge in [-0.3, -0.25) is 4.79 Å². The Kier molecular flexibility index (Phi) is 9.73. The predicted molar refractivity (Wildman–Crippen MR) is 132 cm³/mol. The van der Waals surface area contributed by atoms with Gasteiger partial charge in [-0.2, -0.15) is 0 Å². The molecule has 6 nitrogen and oxygen atoms in total. The maximum atomic E-state index is 10.9. The van der Waals surface area contributed by atoms with E-state index in [4.69, 9.17) is 5.11 Å². The Labute approximate surface area is 196 Å². The molecular formula is C27H37N3O3. The minimum Gasteiger partial charge on any atom is -0.505 e. The van der Waals surface area contributed by atoms with Gasteiger partial charge >= 0.3 is 5.97 Å². The second-order valence-electron chi connectivity index (χ2n) is 8.93. The van der Waals surface area contributed by atoms with E-state index in [1.165, 1.54) is 31.2 Å². The molecule has 6 heteroatoms. The summed E-state index contributed by atoms with van der Waals surface area (Å²) in [5.74, 6) is -0.405. The Morgan fingerprint density at radius 2 is 1.45 bits per heavy atom. The summed E-state index contributed by atoms with van der Waals surface area (Å²) in [4.78, 5) is 12.1. The number of aliphatic carboxylic acids is 1. The van der Waals surface area contributed by atoms with E-state index in [0.29, 0.717) is 12.1 Å². The van der Waals surface area contributed by atoms with Crippen LogP contribution in [0.2, 0.25) is 0 Å². The molecule has 33 heavy (non-hydrogen) atoms. The van der Waals surface area contributed by atoms with Crippen molar-refractivity contribution in [2.75, 3.05) is 0 Å². The number of aryl methyl sites for hydroxylation is 2. The zero-order valence-electron chi connectivity index (χ0n) is 19.8. The quantitative estimate of drug-likeness (QED) is 0.254. The summed E-state index contributed by atoms with van der Waals surface area (Å²) in [5.41, 5.74) is 4.51. The van der Waals surface area contributed by atoms with E-state index in [2.05, 4.69) is 23.2 Å². The second kappa shape index (κ2) is 13.0. The lowest BCUT2D eigenvalue weighted by molar-refractivity contribution is -0.137. The van der Waals surface area contributed by atoms with Crippen LogP contribution in [-0.4, -0.2) is 31.2 Å². The van der Waals surface area contributed by atoms with Crippen molar-refractivity contribution < 1.29 is 15.0 Å². The number of carboxylic acid groups (broad SMARTS) is 1. The number of unbranched alkanes of at least 4 members (excludes halogenated alkanes) is 8. The molecule has 0 bridgehead atoms. The van der Waals surface area contributed by atoms with E-state index in [-0.39, 0.29) is 5.75 Å². The molecule has 0 amide bonds. The summed E-state index contributed by atoms with van der Waals surface area (Å²) in [7, 11) is 0. The highest BCUT2D eigenvalue weighted by Gasteiger charge is 2.14. The van der Waals surface area contributed by atoms with Gasteiger partial charge in [-0.05, 0) is 61.4 Å². The number of hydrogen-bond acceptors (Lipinski definition) is 4. The van der Waals surface area contributed by atoms with E-state index < -0.39 is 5.97 Å². The zero-order chi connectivity index (χ0) is 23.5. The number of benzene rings is 2. The maximum Gasteiger partial charge on any atom is 0.303 e. The van der Waals surface area contributed by atoms with Gasteiger partial charge in [0.2, 0.25) is 0 Å². The number of phenolic OH excluding ortho intramolecular Hbond substituents is 1. The third-order valence-corrected chi connectivity index (χ3v) is 6.14. The number of carbonyl (C=O) groups is 1. The largest absolute Gasteiger partial charge is 0.505 e. The molecule has 0 unspecified atom stereocenters. The van der Waals surface area contributed by atoms with Crippen LogP contribution in [-0.2, 0) is 17.6 Å². The predicted octanol–water partition coefficient (Wildman–Crippen LogP) is 6.61. The molecule has 0 aliphatic carbocycles. The fourth-order valence-electron chi connectivity index (χ4n) is 4.23. The first-order valence-electron chi connectivity index (χ1n) is 12.5. The Morgan fingerprint density at radius 3 is 2.06 bits per heavy atom. The molecule has 0 aliphatic rings. The molecule has 0 saturated heterocycles. The average Bonchev–Trinajstić information content (AvgIpc) is 3.24. The average molecular weight is 452 g/mol. The minimum absolute atomic E-state index is 0.287. The van der Waals surface area contributed by atoms with Crippen molar-refractivity contribution in [3.05, 3.63) is 47.5 Å². The van der Waals surface area contributed by atoms with Crippen molar-refractivity contribution in [1.82, 2.24) is 15.0 Å². The summed E-state index contributed by atoms with van der Waals surface area (Å²) in [6.07, 6.45) is 13.1. The number of hydrogen-bond donors (Lipinski definition) is 2. The van der Waals surface area contributed by atoms with Gasteiger partial charge in [0.15, 0.2) is 0 Å². The molecular weight excluding hydrogens is 414 g/mol. The van der Waals surface area contributed by atoms with Crippen LogP contribution in [0.3, 0.4) is 0 Å². The summed E-state index contributed by atoms with van der Waals surface area (Å²) in [5, 5.41) is 28.8. The van der Waals surface area contributed by atoms with Crippen LogP contribution in [0.1, 0.15) is 88.7 Å². The van der Waals surface area contributed by atoms with Crippen molar-refractivity contribution >= 4 is 17.0 Å². The fourth-order valence-corrected chi connectivity index (χ4v) is 4.23. The molecule has 2 aromatic carbocycles. The third kappa shape index (κ3) is 7.58. The van der Waals surface area contributed by atoms with Crippen molar-refractivity contribution in [3.63, 3.8) is 0 Å². The van der Waals surface area contributed by atoms with Crippen LogP contribution in [0.4, 0.5) is 0 Å². The highest BCUT2D eigenvalue weighted by atomic mass is 16.4. The van der Waals surface area contributed by atoms with Crippen molar-refractivity contribution in [2.24, 2.45) is 0 Å². The number of fused-ring (bicyclic) bond motifs is 1. The summed E-state index contributed by atoms with van der Waals surface area (Å²) in [6, 6.07) is 11.9. The smallest absolute Gasteiger partial charge is 0.303 e. The van der Waals surface area contributed by atoms with E-state index in [1.54, 1.807) is 4.80 Å².